The van der Waals surface area contributed by atoms with Gasteiger partial charge < -0.3 is 14.5 Å². The summed E-state index contributed by atoms with van der Waals surface area (Å²) in [7, 11) is 2.18. The molecule has 0 saturated carbocycles. The molecule has 2 fully saturated rings. The summed E-state index contributed by atoms with van der Waals surface area (Å²) in [5.41, 5.74) is 0. The van der Waals surface area contributed by atoms with Crippen LogP contribution in [0.25, 0.3) is 0 Å². The summed E-state index contributed by atoms with van der Waals surface area (Å²) in [5, 5.41) is 0. The maximum absolute atomic E-state index is 11.5. The minimum Gasteiger partial charge on any atom is -0.370 e. The highest BCUT2D eigenvalue weighted by atomic mass is 16.5. The van der Waals surface area contributed by atoms with Crippen molar-refractivity contribution in [1.29, 1.82) is 0 Å². The van der Waals surface area contributed by atoms with Crippen molar-refractivity contribution in [2.75, 3.05) is 46.4 Å². The Balaban J connectivity index is 1.68. The van der Waals surface area contributed by atoms with Gasteiger partial charge in [0.1, 0.15) is 6.61 Å². The van der Waals surface area contributed by atoms with Gasteiger partial charge in [-0.2, -0.15) is 0 Å². The second kappa shape index (κ2) is 5.64. The van der Waals surface area contributed by atoms with Crippen LogP contribution in [-0.4, -0.2) is 62.1 Å². The number of hydrogen-bond acceptors (Lipinski definition) is 3. The number of piperidine rings is 1. The molecule has 0 N–H and O–H groups in total. The molecule has 0 radical (unpaired) electrons. The van der Waals surface area contributed by atoms with Gasteiger partial charge in [-0.15, -0.1) is 0 Å². The fourth-order valence-electron chi connectivity index (χ4n) is 2.48. The molecule has 4 nitrogen and oxygen atoms in total. The average molecular weight is 226 g/mol. The minimum atomic E-state index is 0.166. The molecule has 2 rings (SSSR count). The van der Waals surface area contributed by atoms with Gasteiger partial charge in [0.25, 0.3) is 0 Å². The van der Waals surface area contributed by atoms with Crippen LogP contribution in [-0.2, 0) is 9.53 Å². The summed E-state index contributed by atoms with van der Waals surface area (Å²) in [4.78, 5) is 15.9. The molecule has 2 aliphatic heterocycles. The lowest BCUT2D eigenvalue weighted by molar-refractivity contribution is -0.142. The number of nitrogens with zero attached hydrogens (tertiary/aromatic N) is 2. The third kappa shape index (κ3) is 3.19. The number of amides is 1. The first kappa shape index (κ1) is 11.9. The van der Waals surface area contributed by atoms with E-state index in [0.717, 1.165) is 19.0 Å². The molecule has 0 aliphatic carbocycles. The number of carbonyl (C=O) groups excluding carboxylic acids is 1. The molecule has 0 unspecified atom stereocenters. The van der Waals surface area contributed by atoms with Crippen LogP contribution in [0.5, 0.6) is 0 Å². The Kier molecular flexibility index (Phi) is 4.18. The predicted molar refractivity (Wildman–Crippen MR) is 62.2 cm³/mol. The zero-order valence-corrected chi connectivity index (χ0v) is 10.2. The zero-order chi connectivity index (χ0) is 11.4. The topological polar surface area (TPSA) is 32.8 Å². The molecule has 4 heteroatoms. The van der Waals surface area contributed by atoms with E-state index < -0.39 is 0 Å². The third-order valence-electron chi connectivity index (χ3n) is 3.73. The number of rotatable bonds is 3. The van der Waals surface area contributed by atoms with Gasteiger partial charge in [-0.1, -0.05) is 0 Å². The van der Waals surface area contributed by atoms with E-state index in [1.165, 1.54) is 32.4 Å². The minimum absolute atomic E-state index is 0.166. The Morgan fingerprint density at radius 3 is 2.75 bits per heavy atom. The summed E-state index contributed by atoms with van der Waals surface area (Å²) >= 11 is 0. The first-order chi connectivity index (χ1) is 7.75. The summed E-state index contributed by atoms with van der Waals surface area (Å²) in [5.74, 6) is 0.978. The van der Waals surface area contributed by atoms with Gasteiger partial charge in [0.2, 0.25) is 5.91 Å². The van der Waals surface area contributed by atoms with Crippen molar-refractivity contribution in [1.82, 2.24) is 9.80 Å². The molecule has 16 heavy (non-hydrogen) atoms. The van der Waals surface area contributed by atoms with Gasteiger partial charge in [0.15, 0.2) is 0 Å². The third-order valence-corrected chi connectivity index (χ3v) is 3.73. The largest absolute Gasteiger partial charge is 0.370 e. The van der Waals surface area contributed by atoms with Crippen molar-refractivity contribution in [3.8, 4) is 0 Å². The summed E-state index contributed by atoms with van der Waals surface area (Å²) in [6.07, 6.45) is 3.74. The second-order valence-electron chi connectivity index (χ2n) is 4.97. The van der Waals surface area contributed by atoms with Gasteiger partial charge in [-0.25, -0.2) is 0 Å². The van der Waals surface area contributed by atoms with Crippen molar-refractivity contribution in [2.24, 2.45) is 5.92 Å². The molecule has 2 saturated heterocycles. The van der Waals surface area contributed by atoms with Crippen LogP contribution in [0.4, 0.5) is 0 Å². The highest BCUT2D eigenvalue weighted by Crippen LogP contribution is 2.20. The summed E-state index contributed by atoms with van der Waals surface area (Å²) in [6.45, 7) is 5.12. The predicted octanol–water partition coefficient (Wildman–Crippen LogP) is 0.577. The SMILES string of the molecule is CN1CCC(CCN2CCOCC2=O)CC1. The second-order valence-corrected chi connectivity index (χ2v) is 4.97. The van der Waals surface area contributed by atoms with Gasteiger partial charge >= 0.3 is 0 Å². The van der Waals surface area contributed by atoms with Crippen molar-refractivity contribution < 1.29 is 9.53 Å². The maximum Gasteiger partial charge on any atom is 0.248 e. The number of hydrogen-bond donors (Lipinski definition) is 0. The van der Waals surface area contributed by atoms with Gasteiger partial charge in [-0.05, 0) is 45.3 Å². The molecular weight excluding hydrogens is 204 g/mol. The van der Waals surface area contributed by atoms with Crippen molar-refractivity contribution >= 4 is 5.91 Å². The average Bonchev–Trinajstić information content (AvgIpc) is 2.30. The van der Waals surface area contributed by atoms with E-state index in [9.17, 15) is 4.79 Å². The van der Waals surface area contributed by atoms with Crippen molar-refractivity contribution in [3.05, 3.63) is 0 Å². The Labute approximate surface area is 97.5 Å². The Bertz CT molecular complexity index is 237. The Hall–Kier alpha value is -0.610. The molecule has 2 heterocycles. The van der Waals surface area contributed by atoms with Crippen molar-refractivity contribution in [2.45, 2.75) is 19.3 Å². The molecule has 2 aliphatic rings. The van der Waals surface area contributed by atoms with Crippen molar-refractivity contribution in [3.63, 3.8) is 0 Å². The van der Waals surface area contributed by atoms with Gasteiger partial charge in [-0.3, -0.25) is 4.79 Å². The van der Waals surface area contributed by atoms with Crippen LogP contribution in [0, 0.1) is 5.92 Å². The number of ether oxygens (including phenoxy) is 1. The normalized spacial score (nSPS) is 25.1. The Morgan fingerprint density at radius 2 is 2.06 bits per heavy atom. The van der Waals surface area contributed by atoms with E-state index >= 15 is 0 Å². The van der Waals surface area contributed by atoms with E-state index in [-0.39, 0.29) is 12.5 Å². The molecule has 1 amide bonds. The number of morpholine rings is 1. The van der Waals surface area contributed by atoms with Crippen LogP contribution in [0.1, 0.15) is 19.3 Å². The van der Waals surface area contributed by atoms with Crippen LogP contribution >= 0.6 is 0 Å². The summed E-state index contributed by atoms with van der Waals surface area (Å²) < 4.78 is 5.12. The number of likely N-dealkylation sites (tertiary alicyclic amines) is 1. The number of carbonyl (C=O) groups is 1. The first-order valence-corrected chi connectivity index (χ1v) is 6.30. The van der Waals surface area contributed by atoms with E-state index in [2.05, 4.69) is 11.9 Å². The van der Waals surface area contributed by atoms with Crippen LogP contribution < -0.4 is 0 Å². The quantitative estimate of drug-likeness (QED) is 0.705. The molecule has 0 aromatic rings. The molecule has 0 bridgehead atoms. The lowest BCUT2D eigenvalue weighted by atomic mass is 9.93. The lowest BCUT2D eigenvalue weighted by Crippen LogP contribution is -2.43. The van der Waals surface area contributed by atoms with E-state index in [0.29, 0.717) is 6.61 Å². The van der Waals surface area contributed by atoms with E-state index in [1.807, 2.05) is 4.90 Å². The standard InChI is InChI=1S/C12H22N2O2/c1-13-5-2-11(3-6-13)4-7-14-8-9-16-10-12(14)15/h11H,2-10H2,1H3. The smallest absolute Gasteiger partial charge is 0.248 e. The molecule has 0 atom stereocenters. The van der Waals surface area contributed by atoms with Crippen LogP contribution in [0.2, 0.25) is 0 Å². The van der Waals surface area contributed by atoms with Crippen LogP contribution in [0.3, 0.4) is 0 Å². The fraction of sp³-hybridized carbons (Fsp3) is 0.917. The maximum atomic E-state index is 11.5. The highest BCUT2D eigenvalue weighted by Gasteiger charge is 2.21. The van der Waals surface area contributed by atoms with Gasteiger partial charge in [0.05, 0.1) is 6.61 Å². The zero-order valence-electron chi connectivity index (χ0n) is 10.2. The summed E-state index contributed by atoms with van der Waals surface area (Å²) in [6, 6.07) is 0. The molecule has 0 aromatic heterocycles. The lowest BCUT2D eigenvalue weighted by Gasteiger charge is -2.32. The van der Waals surface area contributed by atoms with E-state index in [4.69, 9.17) is 4.74 Å². The monoisotopic (exact) mass is 226 g/mol. The van der Waals surface area contributed by atoms with Gasteiger partial charge in [0, 0.05) is 13.1 Å². The Morgan fingerprint density at radius 1 is 1.31 bits per heavy atom. The molecule has 0 aromatic carbocycles. The first-order valence-electron chi connectivity index (χ1n) is 6.30. The molecular formula is C12H22N2O2. The molecule has 92 valence electrons. The fourth-order valence-corrected chi connectivity index (χ4v) is 2.48. The molecule has 0 spiro atoms. The highest BCUT2D eigenvalue weighted by molar-refractivity contribution is 5.77. The van der Waals surface area contributed by atoms with Crippen LogP contribution in [0.15, 0.2) is 0 Å². The van der Waals surface area contributed by atoms with E-state index in [1.54, 1.807) is 0 Å².